The Morgan fingerprint density at radius 2 is 2.24 bits per heavy atom. The van der Waals surface area contributed by atoms with Crippen molar-refractivity contribution in [3.8, 4) is 0 Å². The van der Waals surface area contributed by atoms with Gasteiger partial charge in [0.25, 0.3) is 0 Å². The first-order valence-corrected chi connectivity index (χ1v) is 6.36. The predicted octanol–water partition coefficient (Wildman–Crippen LogP) is 3.58. The summed E-state index contributed by atoms with van der Waals surface area (Å²) in [5, 5.41) is 3.48. The summed E-state index contributed by atoms with van der Waals surface area (Å²) in [6.07, 6.45) is 8.23. The number of rotatable bonds is 4. The van der Waals surface area contributed by atoms with Crippen molar-refractivity contribution in [2.75, 3.05) is 6.54 Å². The van der Waals surface area contributed by atoms with Crippen LogP contribution in [-0.2, 0) is 6.54 Å². The Morgan fingerprint density at radius 1 is 1.35 bits per heavy atom. The largest absolute Gasteiger partial charge is 0.312 e. The first-order chi connectivity index (χ1) is 8.25. The molecule has 1 N–H and O–H groups in total. The molecular formula is C15H20FN. The first-order valence-electron chi connectivity index (χ1n) is 6.36. The van der Waals surface area contributed by atoms with E-state index in [2.05, 4.69) is 17.5 Å². The van der Waals surface area contributed by atoms with Gasteiger partial charge in [0.2, 0.25) is 0 Å². The standard InChI is InChI=1S/C15H20FN/c1-12-9-15(16)8-7-14(12)11-17-10-13-5-3-2-4-6-13/h2-3,7-9,13,17H,4-6,10-11H2,1H3. The van der Waals surface area contributed by atoms with E-state index >= 15 is 0 Å². The van der Waals surface area contributed by atoms with Gasteiger partial charge in [-0.3, -0.25) is 0 Å². The van der Waals surface area contributed by atoms with Crippen molar-refractivity contribution in [2.45, 2.75) is 32.7 Å². The zero-order valence-corrected chi connectivity index (χ0v) is 10.4. The molecule has 0 radical (unpaired) electrons. The van der Waals surface area contributed by atoms with Gasteiger partial charge in [-0.15, -0.1) is 0 Å². The molecular weight excluding hydrogens is 213 g/mol. The molecule has 92 valence electrons. The van der Waals surface area contributed by atoms with E-state index in [4.69, 9.17) is 0 Å². The first kappa shape index (κ1) is 12.3. The van der Waals surface area contributed by atoms with Crippen LogP contribution in [0.25, 0.3) is 0 Å². The molecule has 1 atom stereocenters. The van der Waals surface area contributed by atoms with Crippen molar-refractivity contribution >= 4 is 0 Å². The molecule has 0 aliphatic heterocycles. The summed E-state index contributed by atoms with van der Waals surface area (Å²) in [6.45, 7) is 3.86. The second-order valence-corrected chi connectivity index (χ2v) is 4.85. The normalized spacial score (nSPS) is 19.5. The molecule has 17 heavy (non-hydrogen) atoms. The van der Waals surface area contributed by atoms with Crippen LogP contribution in [0.4, 0.5) is 4.39 Å². The third-order valence-electron chi connectivity index (χ3n) is 3.43. The van der Waals surface area contributed by atoms with Gasteiger partial charge in [0.1, 0.15) is 5.82 Å². The van der Waals surface area contributed by atoms with Crippen LogP contribution in [0.1, 0.15) is 30.4 Å². The minimum atomic E-state index is -0.149. The molecule has 2 rings (SSSR count). The summed E-state index contributed by atoms with van der Waals surface area (Å²) in [6, 6.07) is 5.01. The van der Waals surface area contributed by atoms with E-state index in [0.29, 0.717) is 0 Å². The maximum atomic E-state index is 12.9. The van der Waals surface area contributed by atoms with Crippen molar-refractivity contribution in [3.05, 3.63) is 47.3 Å². The van der Waals surface area contributed by atoms with Gasteiger partial charge < -0.3 is 5.32 Å². The maximum Gasteiger partial charge on any atom is 0.123 e. The summed E-state index contributed by atoms with van der Waals surface area (Å²) in [4.78, 5) is 0. The van der Waals surface area contributed by atoms with Crippen molar-refractivity contribution in [2.24, 2.45) is 5.92 Å². The summed E-state index contributed by atoms with van der Waals surface area (Å²) in [5.74, 6) is 0.615. The van der Waals surface area contributed by atoms with E-state index in [-0.39, 0.29) is 5.82 Å². The number of benzene rings is 1. The number of allylic oxidation sites excluding steroid dienone is 2. The highest BCUT2D eigenvalue weighted by atomic mass is 19.1. The smallest absolute Gasteiger partial charge is 0.123 e. The number of hydrogen-bond acceptors (Lipinski definition) is 1. The summed E-state index contributed by atoms with van der Waals surface area (Å²) >= 11 is 0. The summed E-state index contributed by atoms with van der Waals surface area (Å²) in [7, 11) is 0. The van der Waals surface area contributed by atoms with Gasteiger partial charge in [-0.2, -0.15) is 0 Å². The zero-order chi connectivity index (χ0) is 12.1. The number of nitrogens with one attached hydrogen (secondary N) is 1. The molecule has 0 amide bonds. The van der Waals surface area contributed by atoms with E-state index in [9.17, 15) is 4.39 Å². The van der Waals surface area contributed by atoms with E-state index in [0.717, 1.165) is 24.6 Å². The third kappa shape index (κ3) is 3.67. The molecule has 1 aromatic carbocycles. The van der Waals surface area contributed by atoms with Crippen LogP contribution in [0, 0.1) is 18.7 Å². The van der Waals surface area contributed by atoms with Gasteiger partial charge >= 0.3 is 0 Å². The SMILES string of the molecule is Cc1cc(F)ccc1CNCC1CC=CCC1. The van der Waals surface area contributed by atoms with Crippen LogP contribution in [0.2, 0.25) is 0 Å². The van der Waals surface area contributed by atoms with Gasteiger partial charge in [0.05, 0.1) is 0 Å². The fourth-order valence-corrected chi connectivity index (χ4v) is 2.31. The molecule has 0 saturated carbocycles. The molecule has 1 nitrogen and oxygen atoms in total. The van der Waals surface area contributed by atoms with Gasteiger partial charge in [-0.25, -0.2) is 4.39 Å². The van der Waals surface area contributed by atoms with Gasteiger partial charge in [-0.05, 0) is 61.9 Å². The molecule has 1 aliphatic rings. The average molecular weight is 233 g/mol. The maximum absolute atomic E-state index is 12.9. The molecule has 2 heteroatoms. The Labute approximate surface area is 103 Å². The second-order valence-electron chi connectivity index (χ2n) is 4.85. The van der Waals surface area contributed by atoms with Crippen molar-refractivity contribution in [1.82, 2.24) is 5.32 Å². The van der Waals surface area contributed by atoms with Gasteiger partial charge in [0.15, 0.2) is 0 Å². The lowest BCUT2D eigenvalue weighted by Crippen LogP contribution is -2.23. The van der Waals surface area contributed by atoms with Crippen molar-refractivity contribution in [3.63, 3.8) is 0 Å². The second kappa shape index (κ2) is 5.97. The van der Waals surface area contributed by atoms with Crippen LogP contribution in [0.5, 0.6) is 0 Å². The van der Waals surface area contributed by atoms with E-state index in [1.54, 1.807) is 6.07 Å². The van der Waals surface area contributed by atoms with Gasteiger partial charge in [0, 0.05) is 6.54 Å². The van der Waals surface area contributed by atoms with Crippen LogP contribution in [0.3, 0.4) is 0 Å². The zero-order valence-electron chi connectivity index (χ0n) is 10.4. The van der Waals surface area contributed by atoms with Crippen molar-refractivity contribution < 1.29 is 4.39 Å². The quantitative estimate of drug-likeness (QED) is 0.784. The minimum absolute atomic E-state index is 0.149. The summed E-state index contributed by atoms with van der Waals surface area (Å²) < 4.78 is 12.9. The average Bonchev–Trinajstić information content (AvgIpc) is 2.33. The molecule has 0 spiro atoms. The molecule has 1 aromatic rings. The molecule has 0 bridgehead atoms. The van der Waals surface area contributed by atoms with Crippen LogP contribution in [0.15, 0.2) is 30.4 Å². The Morgan fingerprint density at radius 3 is 2.94 bits per heavy atom. The molecule has 1 unspecified atom stereocenters. The Kier molecular flexibility index (Phi) is 4.32. The molecule has 1 aliphatic carbocycles. The Hall–Kier alpha value is -1.15. The lowest BCUT2D eigenvalue weighted by Gasteiger charge is -2.18. The van der Waals surface area contributed by atoms with E-state index in [1.165, 1.54) is 30.9 Å². The highest BCUT2D eigenvalue weighted by Crippen LogP contribution is 2.17. The fourth-order valence-electron chi connectivity index (χ4n) is 2.31. The fraction of sp³-hybridized carbons (Fsp3) is 0.467. The highest BCUT2D eigenvalue weighted by molar-refractivity contribution is 5.26. The molecule has 0 aromatic heterocycles. The number of halogens is 1. The van der Waals surface area contributed by atoms with Gasteiger partial charge in [-0.1, -0.05) is 18.2 Å². The molecule has 0 fully saturated rings. The molecule has 0 heterocycles. The monoisotopic (exact) mass is 233 g/mol. The number of hydrogen-bond donors (Lipinski definition) is 1. The lowest BCUT2D eigenvalue weighted by atomic mass is 9.94. The van der Waals surface area contributed by atoms with E-state index in [1.807, 2.05) is 13.0 Å². The third-order valence-corrected chi connectivity index (χ3v) is 3.43. The Balaban J connectivity index is 1.79. The topological polar surface area (TPSA) is 12.0 Å². The van der Waals surface area contributed by atoms with E-state index < -0.39 is 0 Å². The molecule has 0 saturated heterocycles. The highest BCUT2D eigenvalue weighted by Gasteiger charge is 2.09. The lowest BCUT2D eigenvalue weighted by molar-refractivity contribution is 0.440. The van der Waals surface area contributed by atoms with Crippen LogP contribution < -0.4 is 5.32 Å². The van der Waals surface area contributed by atoms with Crippen molar-refractivity contribution in [1.29, 1.82) is 0 Å². The van der Waals surface area contributed by atoms with Crippen LogP contribution in [-0.4, -0.2) is 6.54 Å². The predicted molar refractivity (Wildman–Crippen MR) is 69.3 cm³/mol. The Bertz CT molecular complexity index is 398. The van der Waals surface area contributed by atoms with Crippen LogP contribution >= 0.6 is 0 Å². The minimum Gasteiger partial charge on any atom is -0.312 e. The summed E-state index contributed by atoms with van der Waals surface area (Å²) in [5.41, 5.74) is 2.22. The number of aryl methyl sites for hydroxylation is 1.